The first-order chi connectivity index (χ1) is 5.26. The van der Waals surface area contributed by atoms with Crippen LogP contribution in [0.4, 0.5) is 0 Å². The number of hydrogen-bond acceptors (Lipinski definition) is 1. The molecule has 0 radical (unpaired) electrons. The Morgan fingerprint density at radius 1 is 1.18 bits per heavy atom. The summed E-state index contributed by atoms with van der Waals surface area (Å²) in [6, 6.07) is 0. The molecule has 0 aliphatic heterocycles. The predicted molar refractivity (Wildman–Crippen MR) is 53.2 cm³/mol. The molecule has 0 heterocycles. The Balaban J connectivity index is 3.61. The maximum absolute atomic E-state index is 3.16. The average molecular weight is 220 g/mol. The number of rotatable bonds is 6. The topological polar surface area (TPSA) is 3.24 Å². The van der Waals surface area contributed by atoms with Crippen LogP contribution in [-0.4, -0.2) is 38.1 Å². The van der Waals surface area contributed by atoms with Crippen molar-refractivity contribution in [3.63, 3.8) is 0 Å². The van der Waals surface area contributed by atoms with E-state index in [0.29, 0.717) is 0 Å². The first kappa shape index (κ1) is 11.2. The molecule has 0 unspecified atom stereocenters. The molecular formula is C9H19NSe. The summed E-state index contributed by atoms with van der Waals surface area (Å²) in [7, 11) is 0. The van der Waals surface area contributed by atoms with Gasteiger partial charge >= 0.3 is 78.1 Å². The molecule has 0 aliphatic carbocycles. The summed E-state index contributed by atoms with van der Waals surface area (Å²) in [6.07, 6.45) is 3.81. The van der Waals surface area contributed by atoms with Gasteiger partial charge in [0.15, 0.2) is 0 Å². The Labute approximate surface area is 78.5 Å². The van der Waals surface area contributed by atoms with Gasteiger partial charge in [-0.3, -0.25) is 0 Å². The molecule has 0 aliphatic rings. The Bertz CT molecular complexity index is 108. The van der Waals surface area contributed by atoms with Crippen LogP contribution in [0.1, 0.15) is 40.0 Å². The van der Waals surface area contributed by atoms with Crippen LogP contribution >= 0.6 is 0 Å². The van der Waals surface area contributed by atoms with Crippen LogP contribution in [0, 0.1) is 0 Å². The van der Waals surface area contributed by atoms with Gasteiger partial charge in [0.05, 0.1) is 0 Å². The quantitative estimate of drug-likeness (QED) is 0.617. The summed E-state index contributed by atoms with van der Waals surface area (Å²) in [5.41, 5.74) is 0. The molecule has 0 saturated carbocycles. The second-order valence-corrected chi connectivity index (χ2v) is 3.66. The van der Waals surface area contributed by atoms with E-state index in [0.717, 1.165) is 13.1 Å². The third-order valence-electron chi connectivity index (χ3n) is 1.86. The van der Waals surface area contributed by atoms with Gasteiger partial charge in [-0.15, -0.1) is 0 Å². The molecule has 66 valence electrons. The van der Waals surface area contributed by atoms with Crippen LogP contribution < -0.4 is 0 Å². The van der Waals surface area contributed by atoms with Gasteiger partial charge in [0.2, 0.25) is 0 Å². The van der Waals surface area contributed by atoms with Gasteiger partial charge in [0.25, 0.3) is 0 Å². The first-order valence-corrected chi connectivity index (χ1v) is 5.39. The molecule has 0 fully saturated rings. The van der Waals surface area contributed by atoms with Gasteiger partial charge in [0.1, 0.15) is 0 Å². The van der Waals surface area contributed by atoms with E-state index in [1.54, 1.807) is 0 Å². The minimum absolute atomic E-state index is 1.13. The van der Waals surface area contributed by atoms with Crippen molar-refractivity contribution in [3.8, 4) is 0 Å². The normalized spacial score (nSPS) is 9.73. The Kier molecular flexibility index (Phi) is 6.99. The second kappa shape index (κ2) is 6.87. The zero-order chi connectivity index (χ0) is 8.69. The zero-order valence-corrected chi connectivity index (χ0v) is 9.60. The summed E-state index contributed by atoms with van der Waals surface area (Å²) in [5, 5.41) is 0. The van der Waals surface area contributed by atoms with Gasteiger partial charge in [-0.25, -0.2) is 0 Å². The van der Waals surface area contributed by atoms with Gasteiger partial charge in [0, 0.05) is 0 Å². The summed E-state index contributed by atoms with van der Waals surface area (Å²) in [5.74, 6) is 0. The molecule has 11 heavy (non-hydrogen) atoms. The summed E-state index contributed by atoms with van der Waals surface area (Å²) in [6.45, 7) is 8.89. The Morgan fingerprint density at radius 2 is 1.73 bits per heavy atom. The summed E-state index contributed by atoms with van der Waals surface area (Å²) >= 11 is 3.16. The van der Waals surface area contributed by atoms with Crippen LogP contribution in [0.25, 0.3) is 0 Å². The van der Waals surface area contributed by atoms with Crippen molar-refractivity contribution in [2.24, 2.45) is 0 Å². The molecule has 0 rings (SSSR count). The fourth-order valence-corrected chi connectivity index (χ4v) is 1.91. The number of nitrogens with zero attached hydrogens (tertiary/aromatic N) is 1. The van der Waals surface area contributed by atoms with Crippen LogP contribution in [-0.2, 0) is 0 Å². The van der Waals surface area contributed by atoms with E-state index in [1.807, 2.05) is 0 Å². The molecule has 0 N–H and O–H groups in total. The van der Waals surface area contributed by atoms with Gasteiger partial charge in [-0.1, -0.05) is 0 Å². The van der Waals surface area contributed by atoms with Crippen molar-refractivity contribution in [2.75, 3.05) is 13.1 Å². The molecule has 0 amide bonds. The predicted octanol–water partition coefficient (Wildman–Crippen LogP) is 1.82. The van der Waals surface area contributed by atoms with E-state index in [1.165, 1.54) is 23.8 Å². The average Bonchev–Trinajstić information content (AvgIpc) is 2.03. The molecule has 0 saturated heterocycles. The molecule has 0 aromatic rings. The Hall–Kier alpha value is 0.189. The maximum atomic E-state index is 3.16. The van der Waals surface area contributed by atoms with Crippen molar-refractivity contribution in [1.29, 1.82) is 0 Å². The van der Waals surface area contributed by atoms with Gasteiger partial charge in [-0.2, -0.15) is 0 Å². The van der Waals surface area contributed by atoms with E-state index >= 15 is 0 Å². The van der Waals surface area contributed by atoms with Crippen molar-refractivity contribution in [1.82, 2.24) is 4.90 Å². The number of unbranched alkanes of at least 4 members (excludes halogenated alkanes) is 1. The number of hydrogen-bond donors (Lipinski definition) is 0. The molecule has 0 bridgehead atoms. The summed E-state index contributed by atoms with van der Waals surface area (Å²) in [4.78, 5) is 2.38. The third kappa shape index (κ3) is 4.60. The molecule has 0 aromatic heterocycles. The fourth-order valence-electron chi connectivity index (χ4n) is 1.06. The van der Waals surface area contributed by atoms with Crippen molar-refractivity contribution in [2.45, 2.75) is 40.0 Å². The van der Waals surface area contributed by atoms with Gasteiger partial charge < -0.3 is 0 Å². The molecule has 0 spiro atoms. The van der Waals surface area contributed by atoms with E-state index in [2.05, 4.69) is 41.2 Å². The van der Waals surface area contributed by atoms with Crippen molar-refractivity contribution in [3.05, 3.63) is 0 Å². The van der Waals surface area contributed by atoms with Crippen molar-refractivity contribution >= 4 is 20.1 Å². The molecule has 0 atom stereocenters. The standard InChI is InChI=1S/C9H19NSe/c1-4-7-8-9(11)10(5-2)6-3/h4-8H2,1-3H3. The first-order valence-electron chi connectivity index (χ1n) is 4.54. The molecule has 1 nitrogen and oxygen atoms in total. The van der Waals surface area contributed by atoms with Crippen LogP contribution in [0.15, 0.2) is 0 Å². The van der Waals surface area contributed by atoms with Crippen LogP contribution in [0.3, 0.4) is 0 Å². The van der Waals surface area contributed by atoms with Gasteiger partial charge in [-0.05, 0) is 0 Å². The zero-order valence-electron chi connectivity index (χ0n) is 7.89. The minimum atomic E-state index is 1.13. The third-order valence-corrected chi connectivity index (χ3v) is 2.83. The van der Waals surface area contributed by atoms with E-state index in [4.69, 9.17) is 0 Å². The van der Waals surface area contributed by atoms with E-state index in [9.17, 15) is 0 Å². The Morgan fingerprint density at radius 3 is 2.09 bits per heavy atom. The molecular weight excluding hydrogens is 201 g/mol. The van der Waals surface area contributed by atoms with Crippen LogP contribution in [0.2, 0.25) is 0 Å². The molecule has 0 aromatic carbocycles. The monoisotopic (exact) mass is 221 g/mol. The second-order valence-electron chi connectivity index (χ2n) is 2.67. The van der Waals surface area contributed by atoms with E-state index < -0.39 is 0 Å². The van der Waals surface area contributed by atoms with Crippen LogP contribution in [0.5, 0.6) is 0 Å². The fraction of sp³-hybridized carbons (Fsp3) is 0.889. The summed E-state index contributed by atoms with van der Waals surface area (Å²) < 4.78 is 1.43. The van der Waals surface area contributed by atoms with Crippen molar-refractivity contribution < 1.29 is 0 Å². The SMILES string of the molecule is CCCCC(=[Se])N(CC)CC. The van der Waals surface area contributed by atoms with E-state index in [-0.39, 0.29) is 0 Å². The molecule has 2 heteroatoms.